The van der Waals surface area contributed by atoms with Gasteiger partial charge in [0.25, 0.3) is 0 Å². The summed E-state index contributed by atoms with van der Waals surface area (Å²) in [5.41, 5.74) is 6.40. The molecule has 2 nitrogen and oxygen atoms in total. The highest BCUT2D eigenvalue weighted by Gasteiger charge is 2.12. The summed E-state index contributed by atoms with van der Waals surface area (Å²) >= 11 is 0. The first-order chi connectivity index (χ1) is 11.7. The second-order valence-electron chi connectivity index (χ2n) is 6.39. The van der Waals surface area contributed by atoms with Crippen LogP contribution in [0.25, 0.3) is 43.6 Å². The Morgan fingerprint density at radius 1 is 0.542 bits per heavy atom. The Morgan fingerprint density at radius 2 is 1.08 bits per heavy atom. The Kier molecular flexibility index (Phi) is 2.66. The first kappa shape index (κ1) is 13.4. The Balaban J connectivity index is 2.14. The van der Waals surface area contributed by atoms with E-state index in [-0.39, 0.29) is 0 Å². The number of benzene rings is 4. The summed E-state index contributed by atoms with van der Waals surface area (Å²) in [5, 5.41) is 4.80. The Labute approximate surface area is 139 Å². The number of fused-ring (bicyclic) bond motifs is 7. The zero-order valence-electron chi connectivity index (χ0n) is 13.7. The van der Waals surface area contributed by atoms with Gasteiger partial charge in [-0.25, -0.2) is 9.97 Å². The summed E-state index contributed by atoms with van der Waals surface area (Å²) in [6, 6.07) is 21.2. The Bertz CT molecular complexity index is 1270. The fourth-order valence-corrected chi connectivity index (χ4v) is 3.58. The van der Waals surface area contributed by atoms with Gasteiger partial charge in [0.1, 0.15) is 0 Å². The minimum Gasteiger partial charge on any atom is -0.244 e. The monoisotopic (exact) mass is 308 g/mol. The summed E-state index contributed by atoms with van der Waals surface area (Å²) < 4.78 is 0. The van der Waals surface area contributed by atoms with Gasteiger partial charge in [0.2, 0.25) is 0 Å². The van der Waals surface area contributed by atoms with Gasteiger partial charge >= 0.3 is 0 Å². The summed E-state index contributed by atoms with van der Waals surface area (Å²) in [6.07, 6.45) is 0. The number of aryl methyl sites for hydroxylation is 2. The standard InChI is InChI=1S/C22H16N2/c1-13-11-12-19-20(14(13)2)24-22-18-10-6-4-8-16(18)15-7-3-5-9-17(15)21(22)23-19/h3-12H,1-2H3. The molecule has 0 amide bonds. The highest BCUT2D eigenvalue weighted by molar-refractivity contribution is 6.23. The summed E-state index contributed by atoms with van der Waals surface area (Å²) in [4.78, 5) is 10.0. The van der Waals surface area contributed by atoms with Crippen LogP contribution in [-0.2, 0) is 0 Å². The van der Waals surface area contributed by atoms with Gasteiger partial charge in [-0.3, -0.25) is 0 Å². The minimum atomic E-state index is 0.964. The molecule has 2 heteroatoms. The van der Waals surface area contributed by atoms with Crippen molar-refractivity contribution in [1.29, 1.82) is 0 Å². The van der Waals surface area contributed by atoms with Crippen molar-refractivity contribution in [3.63, 3.8) is 0 Å². The molecule has 0 saturated heterocycles. The molecule has 0 bridgehead atoms. The SMILES string of the molecule is Cc1ccc2nc3c4ccccc4c4ccccc4c3nc2c1C. The van der Waals surface area contributed by atoms with Crippen molar-refractivity contribution in [3.8, 4) is 0 Å². The second-order valence-corrected chi connectivity index (χ2v) is 6.39. The molecule has 0 N–H and O–H groups in total. The van der Waals surface area contributed by atoms with E-state index in [1.54, 1.807) is 0 Å². The molecule has 0 saturated carbocycles. The van der Waals surface area contributed by atoms with Crippen molar-refractivity contribution in [3.05, 3.63) is 71.8 Å². The van der Waals surface area contributed by atoms with Crippen LogP contribution in [0.15, 0.2) is 60.7 Å². The molecule has 4 aromatic carbocycles. The van der Waals surface area contributed by atoms with Crippen molar-refractivity contribution in [2.45, 2.75) is 13.8 Å². The second kappa shape index (κ2) is 4.75. The van der Waals surface area contributed by atoms with E-state index in [0.717, 1.165) is 22.1 Å². The third kappa shape index (κ3) is 1.71. The van der Waals surface area contributed by atoms with E-state index in [2.05, 4.69) is 74.5 Å². The van der Waals surface area contributed by atoms with Crippen LogP contribution < -0.4 is 0 Å². The van der Waals surface area contributed by atoms with Crippen molar-refractivity contribution < 1.29 is 0 Å². The Morgan fingerprint density at radius 3 is 1.71 bits per heavy atom. The van der Waals surface area contributed by atoms with Gasteiger partial charge in [-0.05, 0) is 41.8 Å². The number of nitrogens with zero attached hydrogens (tertiary/aromatic N) is 2. The lowest BCUT2D eigenvalue weighted by Gasteiger charge is -2.11. The summed E-state index contributed by atoms with van der Waals surface area (Å²) in [5.74, 6) is 0. The number of rotatable bonds is 0. The molecule has 114 valence electrons. The number of hydrogen-bond acceptors (Lipinski definition) is 2. The fraction of sp³-hybridized carbons (Fsp3) is 0.0909. The highest BCUT2D eigenvalue weighted by Crippen LogP contribution is 2.34. The maximum Gasteiger partial charge on any atom is 0.0979 e. The molecular formula is C22H16N2. The van der Waals surface area contributed by atoms with Crippen molar-refractivity contribution in [2.75, 3.05) is 0 Å². The van der Waals surface area contributed by atoms with E-state index in [1.165, 1.54) is 32.7 Å². The van der Waals surface area contributed by atoms with Gasteiger partial charge in [0, 0.05) is 10.8 Å². The van der Waals surface area contributed by atoms with Crippen LogP contribution in [0.2, 0.25) is 0 Å². The summed E-state index contributed by atoms with van der Waals surface area (Å²) in [6.45, 7) is 4.25. The van der Waals surface area contributed by atoms with E-state index in [1.807, 2.05) is 0 Å². The topological polar surface area (TPSA) is 25.8 Å². The highest BCUT2D eigenvalue weighted by atomic mass is 14.8. The first-order valence-electron chi connectivity index (χ1n) is 8.21. The lowest BCUT2D eigenvalue weighted by Crippen LogP contribution is -1.94. The smallest absolute Gasteiger partial charge is 0.0979 e. The van der Waals surface area contributed by atoms with Crippen LogP contribution >= 0.6 is 0 Å². The van der Waals surface area contributed by atoms with Gasteiger partial charge in [0.15, 0.2) is 0 Å². The number of aromatic nitrogens is 2. The third-order valence-corrected chi connectivity index (χ3v) is 5.02. The molecule has 0 aliphatic heterocycles. The van der Waals surface area contributed by atoms with Crippen molar-refractivity contribution in [2.24, 2.45) is 0 Å². The summed E-state index contributed by atoms with van der Waals surface area (Å²) in [7, 11) is 0. The van der Waals surface area contributed by atoms with Gasteiger partial charge in [-0.15, -0.1) is 0 Å². The Hall–Kier alpha value is -3.00. The largest absolute Gasteiger partial charge is 0.244 e. The molecule has 5 rings (SSSR count). The van der Waals surface area contributed by atoms with Gasteiger partial charge < -0.3 is 0 Å². The molecule has 1 aromatic heterocycles. The molecule has 5 aromatic rings. The van der Waals surface area contributed by atoms with Gasteiger partial charge in [0.05, 0.1) is 22.1 Å². The van der Waals surface area contributed by atoms with E-state index in [0.29, 0.717) is 0 Å². The lowest BCUT2D eigenvalue weighted by molar-refractivity contribution is 1.31. The van der Waals surface area contributed by atoms with Gasteiger partial charge in [-0.1, -0.05) is 54.6 Å². The minimum absolute atomic E-state index is 0.964. The van der Waals surface area contributed by atoms with E-state index in [4.69, 9.17) is 9.97 Å². The average molecular weight is 308 g/mol. The zero-order chi connectivity index (χ0) is 16.3. The normalized spacial score (nSPS) is 11.8. The van der Waals surface area contributed by atoms with Crippen LogP contribution in [0, 0.1) is 13.8 Å². The van der Waals surface area contributed by atoms with E-state index >= 15 is 0 Å². The van der Waals surface area contributed by atoms with Crippen molar-refractivity contribution in [1.82, 2.24) is 9.97 Å². The molecule has 0 fully saturated rings. The predicted molar refractivity (Wildman–Crippen MR) is 102 cm³/mol. The van der Waals surface area contributed by atoms with Crippen molar-refractivity contribution >= 4 is 43.6 Å². The third-order valence-electron chi connectivity index (χ3n) is 5.02. The molecular weight excluding hydrogens is 292 g/mol. The molecule has 0 aliphatic carbocycles. The lowest BCUT2D eigenvalue weighted by atomic mass is 9.99. The van der Waals surface area contributed by atoms with E-state index < -0.39 is 0 Å². The molecule has 1 heterocycles. The maximum atomic E-state index is 5.05. The zero-order valence-corrected chi connectivity index (χ0v) is 13.7. The fourth-order valence-electron chi connectivity index (χ4n) is 3.58. The van der Waals surface area contributed by atoms with Crippen LogP contribution in [0.4, 0.5) is 0 Å². The maximum absolute atomic E-state index is 5.05. The quantitative estimate of drug-likeness (QED) is 0.270. The first-order valence-corrected chi connectivity index (χ1v) is 8.21. The van der Waals surface area contributed by atoms with E-state index in [9.17, 15) is 0 Å². The van der Waals surface area contributed by atoms with Crippen LogP contribution in [0.3, 0.4) is 0 Å². The van der Waals surface area contributed by atoms with Crippen LogP contribution in [0.1, 0.15) is 11.1 Å². The molecule has 0 spiro atoms. The molecule has 0 radical (unpaired) electrons. The predicted octanol–water partition coefficient (Wildman–Crippen LogP) is 5.71. The number of hydrogen-bond donors (Lipinski definition) is 0. The average Bonchev–Trinajstić information content (AvgIpc) is 2.64. The molecule has 0 atom stereocenters. The van der Waals surface area contributed by atoms with Crippen LogP contribution in [0.5, 0.6) is 0 Å². The molecule has 0 unspecified atom stereocenters. The molecule has 24 heavy (non-hydrogen) atoms. The van der Waals surface area contributed by atoms with Gasteiger partial charge in [-0.2, -0.15) is 0 Å². The molecule has 0 aliphatic rings. The van der Waals surface area contributed by atoms with Crippen LogP contribution in [-0.4, -0.2) is 9.97 Å².